The first kappa shape index (κ1) is 11.5. The molecule has 1 atom stereocenters. The molecule has 14 heavy (non-hydrogen) atoms. The lowest BCUT2D eigenvalue weighted by molar-refractivity contribution is 0.116. The number of hydrogen-bond acceptors (Lipinski definition) is 4. The molecule has 80 valence electrons. The summed E-state index contributed by atoms with van der Waals surface area (Å²) in [4.78, 5) is 6.77. The van der Waals surface area contributed by atoms with Crippen molar-refractivity contribution in [1.29, 1.82) is 0 Å². The van der Waals surface area contributed by atoms with E-state index in [0.717, 1.165) is 4.88 Å². The molecule has 0 aromatic carbocycles. The molecule has 1 aromatic heterocycles. The van der Waals surface area contributed by atoms with E-state index in [4.69, 9.17) is 5.73 Å². The van der Waals surface area contributed by atoms with Crippen LogP contribution >= 0.6 is 11.3 Å². The third-order valence-corrected chi connectivity index (χ3v) is 2.68. The van der Waals surface area contributed by atoms with Gasteiger partial charge in [0.05, 0.1) is 0 Å². The molecular formula is C8H13F2N3S. The number of nitrogens with two attached hydrogens (primary N) is 1. The average molecular weight is 221 g/mol. The van der Waals surface area contributed by atoms with Gasteiger partial charge in [-0.25, -0.2) is 13.8 Å². The zero-order chi connectivity index (χ0) is 10.7. The maximum atomic E-state index is 12.2. The molecular weight excluding hydrogens is 208 g/mol. The van der Waals surface area contributed by atoms with Gasteiger partial charge in [0.25, 0.3) is 6.43 Å². The highest BCUT2D eigenvalue weighted by molar-refractivity contribution is 7.11. The topological polar surface area (TPSA) is 42.2 Å². The van der Waals surface area contributed by atoms with Crippen LogP contribution in [0.25, 0.3) is 0 Å². The van der Waals surface area contributed by atoms with Crippen LogP contribution in [0.2, 0.25) is 0 Å². The Kier molecular flexibility index (Phi) is 3.91. The molecule has 0 bridgehead atoms. The van der Waals surface area contributed by atoms with Crippen LogP contribution in [0.3, 0.4) is 0 Å². The molecule has 0 aliphatic heterocycles. The molecule has 2 N–H and O–H groups in total. The number of thiazole rings is 1. The summed E-state index contributed by atoms with van der Waals surface area (Å²) in [5, 5.41) is 0.303. The molecule has 0 fully saturated rings. The number of halogens is 2. The molecule has 0 saturated heterocycles. The van der Waals surface area contributed by atoms with Crippen LogP contribution in [-0.4, -0.2) is 30.4 Å². The molecule has 6 heteroatoms. The predicted molar refractivity (Wildman–Crippen MR) is 52.4 cm³/mol. The largest absolute Gasteiger partial charge is 0.317 e. The number of rotatable bonds is 4. The van der Waals surface area contributed by atoms with Crippen LogP contribution in [-0.2, 0) is 6.54 Å². The van der Waals surface area contributed by atoms with E-state index in [-0.39, 0.29) is 0 Å². The van der Waals surface area contributed by atoms with Crippen molar-refractivity contribution in [3.8, 4) is 0 Å². The van der Waals surface area contributed by atoms with Crippen molar-refractivity contribution in [2.24, 2.45) is 5.73 Å². The van der Waals surface area contributed by atoms with Gasteiger partial charge in [-0.15, -0.1) is 11.3 Å². The van der Waals surface area contributed by atoms with Crippen LogP contribution in [0.5, 0.6) is 0 Å². The Hall–Kier alpha value is -0.590. The van der Waals surface area contributed by atoms with E-state index >= 15 is 0 Å². The van der Waals surface area contributed by atoms with E-state index in [1.54, 1.807) is 6.20 Å². The third-order valence-electron chi connectivity index (χ3n) is 1.60. The van der Waals surface area contributed by atoms with E-state index < -0.39 is 12.5 Å². The summed E-state index contributed by atoms with van der Waals surface area (Å²) in [6.07, 6.45) is -0.948. The summed E-state index contributed by atoms with van der Waals surface area (Å²) in [6, 6.07) is -1.25. The smallest absolute Gasteiger partial charge is 0.259 e. The van der Waals surface area contributed by atoms with Gasteiger partial charge in [0.2, 0.25) is 0 Å². The lowest BCUT2D eigenvalue weighted by atomic mass is 10.3. The molecule has 1 aromatic rings. The van der Waals surface area contributed by atoms with Gasteiger partial charge in [0, 0.05) is 17.6 Å². The van der Waals surface area contributed by atoms with Crippen LogP contribution in [0.1, 0.15) is 15.9 Å². The number of aromatic nitrogens is 1. The lowest BCUT2D eigenvalue weighted by Gasteiger charge is -2.07. The predicted octanol–water partition coefficient (Wildman–Crippen LogP) is 1.47. The normalized spacial score (nSPS) is 13.9. The Morgan fingerprint density at radius 2 is 2.21 bits per heavy atom. The van der Waals surface area contributed by atoms with Gasteiger partial charge in [-0.3, -0.25) is 0 Å². The van der Waals surface area contributed by atoms with E-state index in [1.807, 2.05) is 19.0 Å². The molecule has 0 spiro atoms. The van der Waals surface area contributed by atoms with Crippen molar-refractivity contribution in [2.75, 3.05) is 14.1 Å². The minimum Gasteiger partial charge on any atom is -0.317 e. The Morgan fingerprint density at radius 3 is 2.71 bits per heavy atom. The maximum Gasteiger partial charge on any atom is 0.259 e. The van der Waals surface area contributed by atoms with Crippen molar-refractivity contribution >= 4 is 11.3 Å². The van der Waals surface area contributed by atoms with Gasteiger partial charge in [-0.1, -0.05) is 0 Å². The maximum absolute atomic E-state index is 12.2. The van der Waals surface area contributed by atoms with Gasteiger partial charge in [0.1, 0.15) is 11.0 Å². The molecule has 0 saturated carbocycles. The van der Waals surface area contributed by atoms with Crippen LogP contribution in [0, 0.1) is 0 Å². The number of nitrogens with zero attached hydrogens (tertiary/aromatic N) is 2. The minimum atomic E-state index is -2.55. The second-order valence-corrected chi connectivity index (χ2v) is 4.41. The van der Waals surface area contributed by atoms with Crippen molar-refractivity contribution in [3.05, 3.63) is 16.1 Å². The quantitative estimate of drug-likeness (QED) is 0.837. The lowest BCUT2D eigenvalue weighted by Crippen LogP contribution is -2.18. The zero-order valence-electron chi connectivity index (χ0n) is 8.08. The Morgan fingerprint density at radius 1 is 1.57 bits per heavy atom. The Labute approximate surface area is 85.5 Å². The van der Waals surface area contributed by atoms with Crippen LogP contribution < -0.4 is 5.73 Å². The van der Waals surface area contributed by atoms with Crippen molar-refractivity contribution in [1.82, 2.24) is 9.88 Å². The average Bonchev–Trinajstić information content (AvgIpc) is 2.50. The highest BCUT2D eigenvalue weighted by Gasteiger charge is 2.20. The summed E-state index contributed by atoms with van der Waals surface area (Å²) in [5.41, 5.74) is 5.27. The molecule has 0 aliphatic rings. The van der Waals surface area contributed by atoms with Crippen molar-refractivity contribution < 1.29 is 8.78 Å². The highest BCUT2D eigenvalue weighted by atomic mass is 32.1. The summed E-state index contributed by atoms with van der Waals surface area (Å²) >= 11 is 1.24. The summed E-state index contributed by atoms with van der Waals surface area (Å²) in [6.45, 7) is 0.702. The fraction of sp³-hybridized carbons (Fsp3) is 0.625. The zero-order valence-corrected chi connectivity index (χ0v) is 8.89. The first-order valence-corrected chi connectivity index (χ1v) is 4.95. The summed E-state index contributed by atoms with van der Waals surface area (Å²) < 4.78 is 24.4. The monoisotopic (exact) mass is 221 g/mol. The van der Waals surface area contributed by atoms with E-state index in [2.05, 4.69) is 4.98 Å². The fourth-order valence-corrected chi connectivity index (χ4v) is 2.01. The van der Waals surface area contributed by atoms with Gasteiger partial charge < -0.3 is 10.6 Å². The molecule has 3 nitrogen and oxygen atoms in total. The SMILES string of the molecule is CN(C)Cc1cnc(C(N)C(F)F)s1. The molecule has 0 radical (unpaired) electrons. The molecule has 1 rings (SSSR count). The van der Waals surface area contributed by atoms with Gasteiger partial charge in [-0.05, 0) is 14.1 Å². The highest BCUT2D eigenvalue weighted by Crippen LogP contribution is 2.23. The van der Waals surface area contributed by atoms with Gasteiger partial charge >= 0.3 is 0 Å². The standard InChI is InChI=1S/C8H13F2N3S/c1-13(2)4-5-3-12-8(14-5)6(11)7(9)10/h3,6-7H,4,11H2,1-2H3. The first-order valence-electron chi connectivity index (χ1n) is 4.13. The third kappa shape index (κ3) is 2.97. The summed E-state index contributed by atoms with van der Waals surface area (Å²) in [7, 11) is 3.82. The van der Waals surface area contributed by atoms with Gasteiger partial charge in [0.15, 0.2) is 0 Å². The number of hydrogen-bond donors (Lipinski definition) is 1. The fourth-order valence-electron chi connectivity index (χ4n) is 0.969. The Balaban J connectivity index is 2.67. The molecule has 1 unspecified atom stereocenters. The Bertz CT molecular complexity index is 288. The minimum absolute atomic E-state index is 0.303. The second-order valence-electron chi connectivity index (χ2n) is 3.26. The molecule has 1 heterocycles. The first-order chi connectivity index (χ1) is 6.50. The van der Waals surface area contributed by atoms with E-state index in [1.165, 1.54) is 11.3 Å². The molecule has 0 amide bonds. The van der Waals surface area contributed by atoms with E-state index in [9.17, 15) is 8.78 Å². The van der Waals surface area contributed by atoms with Crippen molar-refractivity contribution in [2.45, 2.75) is 19.0 Å². The van der Waals surface area contributed by atoms with Gasteiger partial charge in [-0.2, -0.15) is 0 Å². The van der Waals surface area contributed by atoms with Crippen LogP contribution in [0.4, 0.5) is 8.78 Å². The molecule has 0 aliphatic carbocycles. The summed E-state index contributed by atoms with van der Waals surface area (Å²) in [5.74, 6) is 0. The van der Waals surface area contributed by atoms with Crippen LogP contribution in [0.15, 0.2) is 6.20 Å². The van der Waals surface area contributed by atoms with Crippen molar-refractivity contribution in [3.63, 3.8) is 0 Å². The second kappa shape index (κ2) is 4.77. The number of alkyl halides is 2. The van der Waals surface area contributed by atoms with E-state index in [0.29, 0.717) is 11.6 Å².